The first-order valence-electron chi connectivity index (χ1n) is 4.79. The van der Waals surface area contributed by atoms with E-state index in [2.05, 4.69) is 0 Å². The molecule has 0 aliphatic carbocycles. The van der Waals surface area contributed by atoms with Gasteiger partial charge >= 0.3 is 0 Å². The average Bonchev–Trinajstić information content (AvgIpc) is 2.19. The lowest BCUT2D eigenvalue weighted by molar-refractivity contribution is -0.116. The second-order valence-electron chi connectivity index (χ2n) is 3.53. The van der Waals surface area contributed by atoms with Gasteiger partial charge in [0.05, 0.1) is 14.2 Å². The molecule has 0 unspecified atom stereocenters. The molecule has 3 nitrogen and oxygen atoms in total. The van der Waals surface area contributed by atoms with Crippen molar-refractivity contribution in [2.75, 3.05) is 14.2 Å². The van der Waals surface area contributed by atoms with Crippen molar-refractivity contribution in [2.24, 2.45) is 0 Å². The molecule has 0 radical (unpaired) electrons. The van der Waals surface area contributed by atoms with Crippen LogP contribution in [0.2, 0.25) is 0 Å². The Hall–Kier alpha value is -1.51. The fourth-order valence-electron chi connectivity index (χ4n) is 1.54. The molecule has 0 amide bonds. The Morgan fingerprint density at radius 1 is 1.20 bits per heavy atom. The van der Waals surface area contributed by atoms with Crippen LogP contribution < -0.4 is 9.47 Å². The number of methoxy groups -OCH3 is 2. The largest absolute Gasteiger partial charge is 0.496 e. The van der Waals surface area contributed by atoms with E-state index in [4.69, 9.17) is 9.47 Å². The van der Waals surface area contributed by atoms with Crippen LogP contribution in [0.15, 0.2) is 12.1 Å². The van der Waals surface area contributed by atoms with Gasteiger partial charge in [-0.15, -0.1) is 0 Å². The first-order valence-corrected chi connectivity index (χ1v) is 4.79. The molecular formula is C12H16O3. The zero-order valence-corrected chi connectivity index (χ0v) is 9.59. The highest BCUT2D eigenvalue weighted by Crippen LogP contribution is 2.30. The van der Waals surface area contributed by atoms with Gasteiger partial charge in [-0.2, -0.15) is 0 Å². The highest BCUT2D eigenvalue weighted by molar-refractivity contribution is 5.80. The number of carbonyl (C=O) groups excluding carboxylic acids is 1. The number of hydrogen-bond acceptors (Lipinski definition) is 3. The molecule has 82 valence electrons. The Bertz CT molecular complexity index is 344. The monoisotopic (exact) mass is 208 g/mol. The number of benzene rings is 1. The van der Waals surface area contributed by atoms with Gasteiger partial charge in [-0.1, -0.05) is 0 Å². The number of aryl methyl sites for hydroxylation is 1. The number of rotatable bonds is 4. The Morgan fingerprint density at radius 3 is 2.00 bits per heavy atom. The van der Waals surface area contributed by atoms with Crippen molar-refractivity contribution >= 4 is 5.78 Å². The molecule has 3 heteroatoms. The Kier molecular flexibility index (Phi) is 3.72. The van der Waals surface area contributed by atoms with Gasteiger partial charge < -0.3 is 9.47 Å². The summed E-state index contributed by atoms with van der Waals surface area (Å²) in [6.07, 6.45) is 0.340. The molecule has 1 aromatic rings. The van der Waals surface area contributed by atoms with Crippen molar-refractivity contribution in [1.29, 1.82) is 0 Å². The van der Waals surface area contributed by atoms with E-state index in [9.17, 15) is 4.79 Å². The predicted octanol–water partition coefficient (Wildman–Crippen LogP) is 2.14. The molecule has 0 saturated carbocycles. The second kappa shape index (κ2) is 4.82. The van der Waals surface area contributed by atoms with Crippen molar-refractivity contribution < 1.29 is 14.3 Å². The van der Waals surface area contributed by atoms with Gasteiger partial charge in [-0.25, -0.2) is 0 Å². The van der Waals surface area contributed by atoms with E-state index < -0.39 is 0 Å². The molecule has 0 aliphatic rings. The van der Waals surface area contributed by atoms with Crippen molar-refractivity contribution in [3.05, 3.63) is 23.3 Å². The first kappa shape index (κ1) is 11.6. The van der Waals surface area contributed by atoms with Crippen molar-refractivity contribution in [3.63, 3.8) is 0 Å². The molecule has 0 aromatic heterocycles. The standard InChI is InChI=1S/C12H16O3/c1-8-5-11(14-3)10(7-9(2)13)12(6-8)15-4/h5-6H,7H2,1-4H3. The Labute approximate surface area is 90.0 Å². The quantitative estimate of drug-likeness (QED) is 0.760. The number of ether oxygens (including phenoxy) is 2. The molecule has 15 heavy (non-hydrogen) atoms. The van der Waals surface area contributed by atoms with E-state index in [-0.39, 0.29) is 5.78 Å². The molecule has 0 saturated heterocycles. The minimum Gasteiger partial charge on any atom is -0.496 e. The van der Waals surface area contributed by atoms with Crippen molar-refractivity contribution in [3.8, 4) is 11.5 Å². The van der Waals surface area contributed by atoms with Gasteiger partial charge in [0.1, 0.15) is 17.3 Å². The van der Waals surface area contributed by atoms with Crippen molar-refractivity contribution in [2.45, 2.75) is 20.3 Å². The van der Waals surface area contributed by atoms with E-state index in [1.807, 2.05) is 19.1 Å². The van der Waals surface area contributed by atoms with Gasteiger partial charge in [-0.3, -0.25) is 4.79 Å². The summed E-state index contributed by atoms with van der Waals surface area (Å²) in [6.45, 7) is 3.52. The van der Waals surface area contributed by atoms with Crippen LogP contribution >= 0.6 is 0 Å². The summed E-state index contributed by atoms with van der Waals surface area (Å²) >= 11 is 0. The first-order chi connectivity index (χ1) is 7.08. The number of hydrogen-bond donors (Lipinski definition) is 0. The third-order valence-corrected chi connectivity index (χ3v) is 2.18. The maximum Gasteiger partial charge on any atom is 0.134 e. The zero-order valence-electron chi connectivity index (χ0n) is 9.59. The van der Waals surface area contributed by atoms with Gasteiger partial charge in [0.15, 0.2) is 0 Å². The van der Waals surface area contributed by atoms with E-state index >= 15 is 0 Å². The molecule has 0 aliphatic heterocycles. The van der Waals surface area contributed by atoms with Crippen LogP contribution in [0.1, 0.15) is 18.1 Å². The van der Waals surface area contributed by atoms with Crippen LogP contribution in [-0.2, 0) is 11.2 Å². The summed E-state index contributed by atoms with van der Waals surface area (Å²) in [5.74, 6) is 1.51. The fourth-order valence-corrected chi connectivity index (χ4v) is 1.54. The lowest BCUT2D eigenvalue weighted by Gasteiger charge is -2.13. The molecular weight excluding hydrogens is 192 g/mol. The molecule has 0 bridgehead atoms. The third kappa shape index (κ3) is 2.72. The minimum absolute atomic E-state index is 0.0930. The molecule has 0 fully saturated rings. The molecule has 1 aromatic carbocycles. The molecule has 0 heterocycles. The number of ketones is 1. The Morgan fingerprint density at radius 2 is 1.67 bits per heavy atom. The van der Waals surface area contributed by atoms with E-state index in [1.54, 1.807) is 21.1 Å². The fraction of sp³-hybridized carbons (Fsp3) is 0.417. The van der Waals surface area contributed by atoms with Gasteiger partial charge in [-0.05, 0) is 31.5 Å². The smallest absolute Gasteiger partial charge is 0.134 e. The summed E-state index contributed by atoms with van der Waals surface area (Å²) in [5, 5.41) is 0. The summed E-state index contributed by atoms with van der Waals surface area (Å²) in [4.78, 5) is 11.1. The molecule has 0 spiro atoms. The summed E-state index contributed by atoms with van der Waals surface area (Å²) in [6, 6.07) is 3.81. The maximum atomic E-state index is 11.1. The predicted molar refractivity (Wildman–Crippen MR) is 58.7 cm³/mol. The summed E-state index contributed by atoms with van der Waals surface area (Å²) in [7, 11) is 3.19. The maximum absolute atomic E-state index is 11.1. The molecule has 1 rings (SSSR count). The second-order valence-corrected chi connectivity index (χ2v) is 3.53. The van der Waals surface area contributed by atoms with Crippen LogP contribution in [0.5, 0.6) is 11.5 Å². The highest BCUT2D eigenvalue weighted by atomic mass is 16.5. The third-order valence-electron chi connectivity index (χ3n) is 2.18. The number of Topliss-reactive ketones (excluding diaryl/α,β-unsaturated/α-hetero) is 1. The molecule has 0 atom stereocenters. The average molecular weight is 208 g/mol. The summed E-state index contributed by atoms with van der Waals surface area (Å²) in [5.41, 5.74) is 1.87. The van der Waals surface area contributed by atoms with Gasteiger partial charge in [0.25, 0.3) is 0 Å². The van der Waals surface area contributed by atoms with Crippen LogP contribution in [0.3, 0.4) is 0 Å². The zero-order chi connectivity index (χ0) is 11.4. The van der Waals surface area contributed by atoms with E-state index in [0.29, 0.717) is 17.9 Å². The van der Waals surface area contributed by atoms with Crippen LogP contribution in [0.4, 0.5) is 0 Å². The van der Waals surface area contributed by atoms with E-state index in [1.165, 1.54) is 0 Å². The lowest BCUT2D eigenvalue weighted by atomic mass is 10.0. The van der Waals surface area contributed by atoms with Crippen LogP contribution in [0.25, 0.3) is 0 Å². The van der Waals surface area contributed by atoms with Gasteiger partial charge in [0, 0.05) is 12.0 Å². The van der Waals surface area contributed by atoms with Crippen molar-refractivity contribution in [1.82, 2.24) is 0 Å². The normalized spacial score (nSPS) is 9.87. The van der Waals surface area contributed by atoms with Crippen LogP contribution in [-0.4, -0.2) is 20.0 Å². The minimum atomic E-state index is 0.0930. The van der Waals surface area contributed by atoms with E-state index in [0.717, 1.165) is 11.1 Å². The number of carbonyl (C=O) groups is 1. The topological polar surface area (TPSA) is 35.5 Å². The summed E-state index contributed by atoms with van der Waals surface area (Å²) < 4.78 is 10.5. The molecule has 0 N–H and O–H groups in total. The lowest BCUT2D eigenvalue weighted by Crippen LogP contribution is -2.03. The van der Waals surface area contributed by atoms with Crippen LogP contribution in [0, 0.1) is 6.92 Å². The van der Waals surface area contributed by atoms with Gasteiger partial charge in [0.2, 0.25) is 0 Å². The highest BCUT2D eigenvalue weighted by Gasteiger charge is 2.12. The SMILES string of the molecule is COc1cc(C)cc(OC)c1CC(C)=O. The Balaban J connectivity index is 3.23.